The molecule has 23 heteroatoms. The van der Waals surface area contributed by atoms with Crippen LogP contribution in [0.1, 0.15) is 58.3 Å². The molecule has 17 nitrogen and oxygen atoms in total. The number of benzene rings is 4. The number of aliphatic carboxylic acids is 1. The van der Waals surface area contributed by atoms with Crippen molar-refractivity contribution in [2.75, 3.05) is 68.8 Å². The third-order valence-electron chi connectivity index (χ3n) is 12.8. The van der Waals surface area contributed by atoms with E-state index in [9.17, 15) is 76.2 Å². The molecule has 4 aromatic rings. The summed E-state index contributed by atoms with van der Waals surface area (Å²) in [4.78, 5) is 72.0. The molecule has 0 saturated carbocycles. The van der Waals surface area contributed by atoms with Crippen LogP contribution in [0.15, 0.2) is 120 Å². The van der Waals surface area contributed by atoms with Gasteiger partial charge >= 0.3 is 30.4 Å². The molecule has 4 aromatic carbocycles. The number of aliphatic hydroxyl groups excluding tert-OH is 2. The molecule has 3 aliphatic rings. The lowest BCUT2D eigenvalue weighted by atomic mass is 9.92. The molecular formula is C50H46F6N9O8+. The van der Waals surface area contributed by atoms with Crippen molar-refractivity contribution in [1.82, 2.24) is 20.9 Å². The Morgan fingerprint density at radius 1 is 0.699 bits per heavy atom. The molecule has 0 aliphatic carbocycles. The van der Waals surface area contributed by atoms with Gasteiger partial charge in [0, 0.05) is 25.9 Å². The van der Waals surface area contributed by atoms with Gasteiger partial charge in [0.1, 0.15) is 18.8 Å². The van der Waals surface area contributed by atoms with Crippen molar-refractivity contribution in [2.24, 2.45) is 0 Å². The molecule has 6 amide bonds. The van der Waals surface area contributed by atoms with Crippen LogP contribution in [0.5, 0.6) is 0 Å². The van der Waals surface area contributed by atoms with Crippen LogP contribution < -0.4 is 25.8 Å². The standard InChI is InChI=1S/C50H45F6N9O8/c51-49(52,53)34-5-1-7-36(25-34)63-38-29-62(45(69)39(38)41(60-47(63)72)32-13-9-30(27-57)10-14-32)18-4-20-65(21-23-66,22-24-67)19-3-17-59-44(68)40-42(33-15-11-31(28-58)12-16-33)61-48(73)64(43(40)46(70)71)37-8-2-6-35(26-37)50(54,55)56/h1-2,5-16,25-26,41-42,66-67H,3-4,17-24,29H2,(H3-,59,60,61,68,70,71,72,73)/p+1/t41-,42-/m1/s1. The first-order chi connectivity index (χ1) is 34.7. The predicted molar refractivity (Wildman–Crippen MR) is 247 cm³/mol. The van der Waals surface area contributed by atoms with Crippen molar-refractivity contribution in [2.45, 2.75) is 37.3 Å². The van der Waals surface area contributed by atoms with Crippen LogP contribution in [0.25, 0.3) is 0 Å². The van der Waals surface area contributed by atoms with Gasteiger partial charge in [0.25, 0.3) is 11.8 Å². The molecule has 0 unspecified atom stereocenters. The van der Waals surface area contributed by atoms with E-state index in [4.69, 9.17) is 0 Å². The minimum atomic E-state index is -4.87. The lowest BCUT2D eigenvalue weighted by Crippen LogP contribution is -2.54. The van der Waals surface area contributed by atoms with Gasteiger partial charge in [-0.05, 0) is 71.8 Å². The van der Waals surface area contributed by atoms with Crippen LogP contribution in [0.3, 0.4) is 0 Å². The third-order valence-corrected chi connectivity index (χ3v) is 12.8. The number of hydrogen-bond acceptors (Lipinski definition) is 9. The van der Waals surface area contributed by atoms with Gasteiger partial charge in [-0.25, -0.2) is 14.4 Å². The molecule has 380 valence electrons. The van der Waals surface area contributed by atoms with E-state index in [0.717, 1.165) is 41.3 Å². The first-order valence-corrected chi connectivity index (χ1v) is 22.6. The molecule has 73 heavy (non-hydrogen) atoms. The van der Waals surface area contributed by atoms with Crippen molar-refractivity contribution in [3.8, 4) is 12.1 Å². The molecule has 0 bridgehead atoms. The van der Waals surface area contributed by atoms with Gasteiger partial charge in [0.2, 0.25) is 0 Å². The number of amides is 6. The average Bonchev–Trinajstić information content (AvgIpc) is 3.68. The number of aliphatic hydroxyl groups is 2. The number of nitriles is 2. The molecule has 3 heterocycles. The van der Waals surface area contributed by atoms with E-state index in [0.29, 0.717) is 22.1 Å². The average molecular weight is 1010 g/mol. The van der Waals surface area contributed by atoms with Crippen LogP contribution in [-0.2, 0) is 26.7 Å². The molecule has 0 radical (unpaired) electrons. The van der Waals surface area contributed by atoms with Gasteiger partial charge < -0.3 is 40.7 Å². The molecule has 2 atom stereocenters. The van der Waals surface area contributed by atoms with Gasteiger partial charge in [-0.2, -0.15) is 36.9 Å². The molecule has 0 aromatic heterocycles. The Hall–Kier alpha value is -8.25. The zero-order chi connectivity index (χ0) is 52.8. The van der Waals surface area contributed by atoms with Gasteiger partial charge in [0.15, 0.2) is 0 Å². The first-order valence-electron chi connectivity index (χ1n) is 22.6. The number of halogens is 6. The molecule has 0 spiro atoms. The molecule has 6 N–H and O–H groups in total. The van der Waals surface area contributed by atoms with E-state index < -0.39 is 82.4 Å². The SMILES string of the molecule is N#Cc1ccc([C@H]2NC(=O)N(c3cccc(C(F)(F)F)c3)C3=C2C(=O)N(CCC[N+](CCO)(CCO)CCCNC(=O)C2=C(C(=O)O)N(c4cccc(C(F)(F)F)c4)C(=O)N[C@@H]2c2ccc(C#N)cc2)C3)cc1. The lowest BCUT2D eigenvalue weighted by Gasteiger charge is -2.38. The summed E-state index contributed by atoms with van der Waals surface area (Å²) in [5.74, 6) is -3.35. The van der Waals surface area contributed by atoms with Crippen molar-refractivity contribution < 1.29 is 70.1 Å². The number of nitrogens with one attached hydrogen (secondary N) is 3. The number of urea groups is 2. The van der Waals surface area contributed by atoms with E-state index >= 15 is 0 Å². The Balaban J connectivity index is 1.10. The van der Waals surface area contributed by atoms with E-state index in [-0.39, 0.29) is 104 Å². The number of nitrogens with zero attached hydrogens (tertiary/aromatic N) is 6. The first kappa shape index (κ1) is 52.6. The summed E-state index contributed by atoms with van der Waals surface area (Å²) in [5, 5.41) is 57.6. The van der Waals surface area contributed by atoms with Gasteiger partial charge in [-0.1, -0.05) is 36.4 Å². The van der Waals surface area contributed by atoms with E-state index in [1.54, 1.807) is 12.1 Å². The quantitative estimate of drug-likeness (QED) is 0.0395. The number of carbonyl (C=O) groups excluding carboxylic acids is 4. The normalized spacial score (nSPS) is 17.2. The highest BCUT2D eigenvalue weighted by Gasteiger charge is 2.46. The molecule has 0 saturated heterocycles. The predicted octanol–water partition coefficient (Wildman–Crippen LogP) is 5.84. The van der Waals surface area contributed by atoms with Crippen LogP contribution in [0.2, 0.25) is 0 Å². The maximum atomic E-state index is 14.4. The summed E-state index contributed by atoms with van der Waals surface area (Å²) in [6.45, 7) is -0.422. The van der Waals surface area contributed by atoms with Crippen LogP contribution in [-0.4, -0.2) is 114 Å². The fourth-order valence-corrected chi connectivity index (χ4v) is 9.31. The second-order valence-electron chi connectivity index (χ2n) is 17.3. The number of alkyl halides is 6. The highest BCUT2D eigenvalue weighted by atomic mass is 19.4. The molecule has 7 rings (SSSR count). The molecular weight excluding hydrogens is 969 g/mol. The maximum Gasteiger partial charge on any atom is 0.416 e. The van der Waals surface area contributed by atoms with Gasteiger partial charge in [0.05, 0.1) is 108 Å². The van der Waals surface area contributed by atoms with Crippen molar-refractivity contribution in [3.63, 3.8) is 0 Å². The zero-order valence-electron chi connectivity index (χ0n) is 38.5. The highest BCUT2D eigenvalue weighted by molar-refractivity contribution is 6.14. The fourth-order valence-electron chi connectivity index (χ4n) is 9.31. The maximum absolute atomic E-state index is 14.4. The Kier molecular flexibility index (Phi) is 15.6. The number of hydrogen-bond donors (Lipinski definition) is 6. The Bertz CT molecular complexity index is 2940. The number of anilines is 2. The second kappa shape index (κ2) is 21.6. The van der Waals surface area contributed by atoms with E-state index in [1.165, 1.54) is 47.4 Å². The summed E-state index contributed by atoms with van der Waals surface area (Å²) in [5.41, 5.74) is -2.98. The van der Waals surface area contributed by atoms with Crippen molar-refractivity contribution in [1.29, 1.82) is 10.5 Å². The van der Waals surface area contributed by atoms with E-state index in [1.807, 2.05) is 12.1 Å². The lowest BCUT2D eigenvalue weighted by molar-refractivity contribution is -0.929. The smallest absolute Gasteiger partial charge is 0.416 e. The van der Waals surface area contributed by atoms with E-state index in [2.05, 4.69) is 16.0 Å². The monoisotopic (exact) mass is 1010 g/mol. The van der Waals surface area contributed by atoms with Crippen LogP contribution in [0.4, 0.5) is 47.3 Å². The molecule has 0 fully saturated rings. The topological polar surface area (TPSA) is 239 Å². The summed E-state index contributed by atoms with van der Waals surface area (Å²) in [7, 11) is 0. The Morgan fingerprint density at radius 3 is 1.70 bits per heavy atom. The number of carbonyl (C=O) groups is 5. The van der Waals surface area contributed by atoms with Crippen molar-refractivity contribution in [3.05, 3.63) is 153 Å². The molecule has 3 aliphatic heterocycles. The summed E-state index contributed by atoms with van der Waals surface area (Å²) in [6, 6.07) is 18.5. The number of carboxylic acid groups (broad SMARTS) is 1. The largest absolute Gasteiger partial charge is 0.477 e. The summed E-state index contributed by atoms with van der Waals surface area (Å²) < 4.78 is 82.9. The Labute approximate surface area is 413 Å². The van der Waals surface area contributed by atoms with Gasteiger partial charge in [-0.15, -0.1) is 0 Å². The Morgan fingerprint density at radius 2 is 1.19 bits per heavy atom. The second-order valence-corrected chi connectivity index (χ2v) is 17.3. The highest BCUT2D eigenvalue weighted by Crippen LogP contribution is 2.41. The van der Waals surface area contributed by atoms with Gasteiger partial charge in [-0.3, -0.25) is 19.4 Å². The number of carboxylic acids is 1. The fraction of sp³-hybridized carbons (Fsp3) is 0.300. The summed E-state index contributed by atoms with van der Waals surface area (Å²) >= 11 is 0. The summed E-state index contributed by atoms with van der Waals surface area (Å²) in [6.07, 6.45) is -9.25. The number of rotatable bonds is 18. The minimum absolute atomic E-state index is 0.0403. The minimum Gasteiger partial charge on any atom is -0.477 e. The van der Waals surface area contributed by atoms with Crippen LogP contribution >= 0.6 is 0 Å². The zero-order valence-corrected chi connectivity index (χ0v) is 38.5. The number of quaternary nitrogens is 1. The third kappa shape index (κ3) is 11.3. The van der Waals surface area contributed by atoms with Crippen molar-refractivity contribution >= 4 is 41.2 Å². The van der Waals surface area contributed by atoms with Crippen LogP contribution in [0, 0.1) is 22.7 Å².